The summed E-state index contributed by atoms with van der Waals surface area (Å²) in [6.45, 7) is 5.96. The van der Waals surface area contributed by atoms with E-state index in [-0.39, 0.29) is 11.5 Å². The Kier molecular flexibility index (Phi) is 7.83. The molecule has 0 aliphatic heterocycles. The van der Waals surface area contributed by atoms with Gasteiger partial charge in [-0.25, -0.2) is 0 Å². The number of ketones is 1. The molecule has 0 aromatic heterocycles. The van der Waals surface area contributed by atoms with Crippen LogP contribution in [0.15, 0.2) is 84.8 Å². The number of carbonyl (C=O) groups excluding carboxylic acids is 1. The summed E-state index contributed by atoms with van der Waals surface area (Å²) in [7, 11) is 0. The quantitative estimate of drug-likeness (QED) is 0.330. The molecule has 0 aliphatic carbocycles. The lowest BCUT2D eigenvalue weighted by atomic mass is 10.2. The lowest BCUT2D eigenvalue weighted by Crippen LogP contribution is -2.11. The van der Waals surface area contributed by atoms with E-state index in [0.29, 0.717) is 6.54 Å². The molecule has 0 unspecified atom stereocenters. The van der Waals surface area contributed by atoms with Crippen LogP contribution in [-0.2, 0) is 4.79 Å². The number of rotatable bonds is 8. The molecule has 22 heavy (non-hydrogen) atoms. The Labute approximate surface area is 131 Å². The molecule has 0 radical (unpaired) electrons. The van der Waals surface area contributed by atoms with Crippen LogP contribution >= 0.6 is 0 Å². The first kappa shape index (κ1) is 17.2. The average Bonchev–Trinajstić information content (AvgIpc) is 2.50. The highest BCUT2D eigenvalue weighted by Gasteiger charge is 1.95. The zero-order valence-corrected chi connectivity index (χ0v) is 12.7. The Hall–Kier alpha value is -2.81. The van der Waals surface area contributed by atoms with Crippen LogP contribution in [0.3, 0.4) is 0 Å². The van der Waals surface area contributed by atoms with E-state index in [9.17, 15) is 9.90 Å². The van der Waals surface area contributed by atoms with Crippen LogP contribution in [0.1, 0.15) is 12.5 Å². The summed E-state index contributed by atoms with van der Waals surface area (Å²) in [6.07, 6.45) is 11.2. The number of aliphatic hydroxyl groups is 1. The first-order chi connectivity index (χ1) is 10.6. The summed E-state index contributed by atoms with van der Waals surface area (Å²) >= 11 is 0. The molecule has 0 saturated heterocycles. The summed E-state index contributed by atoms with van der Waals surface area (Å²) < 4.78 is 0. The molecule has 0 aliphatic rings. The van der Waals surface area contributed by atoms with Crippen LogP contribution in [0.5, 0.6) is 0 Å². The van der Waals surface area contributed by atoms with Crippen molar-refractivity contribution in [3.63, 3.8) is 0 Å². The monoisotopic (exact) mass is 295 g/mol. The molecule has 1 rings (SSSR count). The lowest BCUT2D eigenvalue weighted by Gasteiger charge is -2.00. The number of allylic oxidation sites excluding steroid dienone is 6. The Morgan fingerprint density at radius 2 is 1.95 bits per heavy atom. The van der Waals surface area contributed by atoms with Gasteiger partial charge in [0, 0.05) is 24.4 Å². The van der Waals surface area contributed by atoms with Crippen molar-refractivity contribution in [3.05, 3.63) is 90.4 Å². The molecule has 0 atom stereocenters. The van der Waals surface area contributed by atoms with Gasteiger partial charge in [0.15, 0.2) is 5.78 Å². The molecule has 114 valence electrons. The summed E-state index contributed by atoms with van der Waals surface area (Å²) in [5, 5.41) is 12.6. The van der Waals surface area contributed by atoms with Gasteiger partial charge in [0.1, 0.15) is 5.76 Å². The number of benzene rings is 1. The van der Waals surface area contributed by atoms with Crippen molar-refractivity contribution in [3.8, 4) is 0 Å². The van der Waals surface area contributed by atoms with E-state index >= 15 is 0 Å². The number of nitrogens with one attached hydrogen (secondary N) is 1. The van der Waals surface area contributed by atoms with Crippen molar-refractivity contribution in [2.45, 2.75) is 6.92 Å². The Morgan fingerprint density at radius 3 is 2.64 bits per heavy atom. The SMILES string of the molecule is C=CCN/C(C)=C/C(=O)/C=C(O)/C=C/C=C/c1ccccc1. The van der Waals surface area contributed by atoms with Crippen LogP contribution in [-0.4, -0.2) is 17.4 Å². The van der Waals surface area contributed by atoms with Crippen LogP contribution in [0.25, 0.3) is 6.08 Å². The fraction of sp³-hybridized carbons (Fsp3) is 0.105. The molecule has 0 heterocycles. The normalized spacial score (nSPS) is 12.8. The number of aliphatic hydroxyl groups excluding tert-OH is 1. The molecule has 1 aromatic carbocycles. The molecule has 3 nitrogen and oxygen atoms in total. The van der Waals surface area contributed by atoms with Crippen LogP contribution in [0.2, 0.25) is 0 Å². The van der Waals surface area contributed by atoms with Gasteiger partial charge in [0.25, 0.3) is 0 Å². The molecule has 0 fully saturated rings. The van der Waals surface area contributed by atoms with E-state index in [0.717, 1.165) is 11.3 Å². The second-order valence-corrected chi connectivity index (χ2v) is 4.60. The third kappa shape index (κ3) is 7.70. The second-order valence-electron chi connectivity index (χ2n) is 4.60. The fourth-order valence-corrected chi connectivity index (χ4v) is 1.62. The Balaban J connectivity index is 2.54. The van der Waals surface area contributed by atoms with Gasteiger partial charge in [-0.15, -0.1) is 6.58 Å². The van der Waals surface area contributed by atoms with Crippen LogP contribution in [0, 0.1) is 0 Å². The maximum atomic E-state index is 11.7. The summed E-state index contributed by atoms with van der Waals surface area (Å²) in [5.74, 6) is -0.362. The molecule has 0 saturated carbocycles. The number of carbonyl (C=O) groups is 1. The Morgan fingerprint density at radius 1 is 1.23 bits per heavy atom. The summed E-state index contributed by atoms with van der Waals surface area (Å²) in [6, 6.07) is 9.82. The third-order valence-corrected chi connectivity index (χ3v) is 2.64. The summed E-state index contributed by atoms with van der Waals surface area (Å²) in [4.78, 5) is 11.7. The minimum Gasteiger partial charge on any atom is -0.508 e. The lowest BCUT2D eigenvalue weighted by molar-refractivity contribution is -0.110. The van der Waals surface area contributed by atoms with E-state index in [1.807, 2.05) is 36.4 Å². The topological polar surface area (TPSA) is 49.3 Å². The molecule has 0 amide bonds. The third-order valence-electron chi connectivity index (χ3n) is 2.64. The maximum absolute atomic E-state index is 11.7. The van der Waals surface area contributed by atoms with Crippen molar-refractivity contribution >= 4 is 11.9 Å². The van der Waals surface area contributed by atoms with Crippen LogP contribution in [0.4, 0.5) is 0 Å². The van der Waals surface area contributed by atoms with E-state index in [4.69, 9.17) is 0 Å². The number of hydrogen-bond acceptors (Lipinski definition) is 3. The number of hydrogen-bond donors (Lipinski definition) is 2. The zero-order chi connectivity index (χ0) is 16.2. The van der Waals surface area contributed by atoms with Gasteiger partial charge in [-0.3, -0.25) is 4.79 Å². The van der Waals surface area contributed by atoms with Crippen molar-refractivity contribution in [2.75, 3.05) is 6.54 Å². The zero-order valence-electron chi connectivity index (χ0n) is 12.7. The first-order valence-electron chi connectivity index (χ1n) is 6.99. The van der Waals surface area contributed by atoms with Gasteiger partial charge in [-0.2, -0.15) is 0 Å². The smallest absolute Gasteiger partial charge is 0.184 e. The van der Waals surface area contributed by atoms with Gasteiger partial charge >= 0.3 is 0 Å². The molecular formula is C19H21NO2. The van der Waals surface area contributed by atoms with Crippen molar-refractivity contribution in [2.24, 2.45) is 0 Å². The van der Waals surface area contributed by atoms with Gasteiger partial charge in [0.05, 0.1) is 0 Å². The van der Waals surface area contributed by atoms with Gasteiger partial charge < -0.3 is 10.4 Å². The van der Waals surface area contributed by atoms with E-state index in [1.54, 1.807) is 25.2 Å². The summed E-state index contributed by atoms with van der Waals surface area (Å²) in [5.41, 5.74) is 1.79. The molecule has 3 heteroatoms. The Bertz CT molecular complexity index is 608. The minimum absolute atomic E-state index is 0.0875. The molecule has 2 N–H and O–H groups in total. The average molecular weight is 295 g/mol. The van der Waals surface area contributed by atoms with Crippen LogP contribution < -0.4 is 5.32 Å². The fourth-order valence-electron chi connectivity index (χ4n) is 1.62. The highest BCUT2D eigenvalue weighted by molar-refractivity contribution is 6.00. The molecule has 1 aromatic rings. The van der Waals surface area contributed by atoms with E-state index in [2.05, 4.69) is 11.9 Å². The van der Waals surface area contributed by atoms with E-state index in [1.165, 1.54) is 18.2 Å². The predicted octanol–water partition coefficient (Wildman–Crippen LogP) is 3.95. The predicted molar refractivity (Wildman–Crippen MR) is 92.3 cm³/mol. The van der Waals surface area contributed by atoms with Crippen molar-refractivity contribution < 1.29 is 9.90 Å². The maximum Gasteiger partial charge on any atom is 0.184 e. The van der Waals surface area contributed by atoms with Crippen molar-refractivity contribution in [1.29, 1.82) is 0 Å². The highest BCUT2D eigenvalue weighted by atomic mass is 16.3. The van der Waals surface area contributed by atoms with Crippen molar-refractivity contribution in [1.82, 2.24) is 5.32 Å². The minimum atomic E-state index is -0.275. The van der Waals surface area contributed by atoms with E-state index < -0.39 is 0 Å². The largest absolute Gasteiger partial charge is 0.508 e. The molecule has 0 spiro atoms. The standard InChI is InChI=1S/C19H21NO2/c1-3-13-20-16(2)14-19(22)15-18(21)12-8-7-11-17-9-5-4-6-10-17/h3-12,14-15,20-21H,1,13H2,2H3/b11-7+,12-8+,16-14+,18-15-. The van der Waals surface area contributed by atoms with Gasteiger partial charge in [-0.1, -0.05) is 54.6 Å². The highest BCUT2D eigenvalue weighted by Crippen LogP contribution is 2.01. The first-order valence-corrected chi connectivity index (χ1v) is 6.99. The second kappa shape index (κ2) is 10.00. The molecular weight excluding hydrogens is 274 g/mol. The molecule has 0 bridgehead atoms. The van der Waals surface area contributed by atoms with Gasteiger partial charge in [0.2, 0.25) is 0 Å². The van der Waals surface area contributed by atoms with Gasteiger partial charge in [-0.05, 0) is 18.6 Å².